The standard InChI is InChI=1S/C20H14Cl2N2O6/c1-3-6-29-18-14(22)7-11(9-17(18)28-2)8-15-20(25)30-19(23-15)12-4-5-13(21)16(10-12)24(26)27/h3-5,7-10H,1,6H2,2H3/b15-8-. The van der Waals surface area contributed by atoms with Crippen LogP contribution in [0.15, 0.2) is 53.7 Å². The second kappa shape index (κ2) is 8.98. The molecule has 154 valence electrons. The molecule has 0 saturated carbocycles. The zero-order valence-corrected chi connectivity index (χ0v) is 17.1. The van der Waals surface area contributed by atoms with Crippen LogP contribution < -0.4 is 9.47 Å². The highest BCUT2D eigenvalue weighted by Crippen LogP contribution is 2.37. The van der Waals surface area contributed by atoms with E-state index in [0.717, 1.165) is 0 Å². The Morgan fingerprint density at radius 2 is 2.03 bits per heavy atom. The number of nitrogens with zero attached hydrogens (tertiary/aromatic N) is 2. The largest absolute Gasteiger partial charge is 0.493 e. The maximum Gasteiger partial charge on any atom is 0.363 e. The molecular weight excluding hydrogens is 435 g/mol. The molecule has 0 fully saturated rings. The normalized spacial score (nSPS) is 14.3. The summed E-state index contributed by atoms with van der Waals surface area (Å²) < 4.78 is 15.9. The summed E-state index contributed by atoms with van der Waals surface area (Å²) in [5.74, 6) is -0.0901. The monoisotopic (exact) mass is 448 g/mol. The van der Waals surface area contributed by atoms with Crippen molar-refractivity contribution in [1.82, 2.24) is 0 Å². The van der Waals surface area contributed by atoms with Crippen LogP contribution in [0, 0.1) is 10.1 Å². The first-order valence-corrected chi connectivity index (χ1v) is 9.17. The van der Waals surface area contributed by atoms with Crippen LogP contribution in [0.2, 0.25) is 10.0 Å². The second-order valence-electron chi connectivity index (χ2n) is 5.89. The van der Waals surface area contributed by atoms with Gasteiger partial charge in [-0.1, -0.05) is 35.9 Å². The van der Waals surface area contributed by atoms with Crippen LogP contribution in [0.5, 0.6) is 11.5 Å². The van der Waals surface area contributed by atoms with Gasteiger partial charge in [-0.25, -0.2) is 9.79 Å². The first kappa shape index (κ1) is 21.4. The van der Waals surface area contributed by atoms with Crippen molar-refractivity contribution in [2.45, 2.75) is 0 Å². The van der Waals surface area contributed by atoms with Gasteiger partial charge in [0.25, 0.3) is 5.69 Å². The number of carbonyl (C=O) groups is 1. The lowest BCUT2D eigenvalue weighted by molar-refractivity contribution is -0.384. The molecule has 0 aromatic heterocycles. The number of benzene rings is 2. The Morgan fingerprint density at radius 3 is 2.70 bits per heavy atom. The number of methoxy groups -OCH3 is 1. The van der Waals surface area contributed by atoms with Crippen LogP contribution in [0.25, 0.3) is 6.08 Å². The smallest absolute Gasteiger partial charge is 0.363 e. The molecule has 10 heteroatoms. The van der Waals surface area contributed by atoms with Crippen LogP contribution in [0.1, 0.15) is 11.1 Å². The summed E-state index contributed by atoms with van der Waals surface area (Å²) in [6, 6.07) is 7.17. The molecule has 0 radical (unpaired) electrons. The van der Waals surface area contributed by atoms with Crippen molar-refractivity contribution in [1.29, 1.82) is 0 Å². The maximum absolute atomic E-state index is 12.2. The van der Waals surface area contributed by atoms with E-state index in [2.05, 4.69) is 11.6 Å². The number of rotatable bonds is 7. The number of hydrogen-bond donors (Lipinski definition) is 0. The molecular formula is C20H14Cl2N2O6. The quantitative estimate of drug-likeness (QED) is 0.198. The van der Waals surface area contributed by atoms with Gasteiger partial charge in [-0.2, -0.15) is 0 Å². The van der Waals surface area contributed by atoms with Crippen LogP contribution in [-0.2, 0) is 9.53 Å². The molecule has 0 N–H and O–H groups in total. The van der Waals surface area contributed by atoms with Crippen molar-refractivity contribution in [3.05, 3.63) is 80.0 Å². The summed E-state index contributed by atoms with van der Waals surface area (Å²) in [4.78, 5) is 26.8. The van der Waals surface area contributed by atoms with Crippen molar-refractivity contribution < 1.29 is 23.9 Å². The summed E-state index contributed by atoms with van der Waals surface area (Å²) >= 11 is 12.1. The van der Waals surface area contributed by atoms with Gasteiger partial charge in [0.1, 0.15) is 11.6 Å². The van der Waals surface area contributed by atoms with Gasteiger partial charge in [-0.15, -0.1) is 0 Å². The Labute approximate surface area is 181 Å². The molecule has 8 nitrogen and oxygen atoms in total. The van der Waals surface area contributed by atoms with Gasteiger partial charge in [0.2, 0.25) is 5.90 Å². The fourth-order valence-corrected chi connectivity index (χ4v) is 3.04. The highest BCUT2D eigenvalue weighted by Gasteiger charge is 2.26. The Kier molecular flexibility index (Phi) is 6.39. The van der Waals surface area contributed by atoms with Crippen LogP contribution in [0.4, 0.5) is 5.69 Å². The first-order valence-electron chi connectivity index (χ1n) is 8.42. The molecule has 1 heterocycles. The minimum absolute atomic E-state index is 0.0134. The lowest BCUT2D eigenvalue weighted by Gasteiger charge is -2.12. The van der Waals surface area contributed by atoms with E-state index in [1.54, 1.807) is 18.2 Å². The predicted octanol–water partition coefficient (Wildman–Crippen LogP) is 4.82. The third kappa shape index (κ3) is 4.45. The molecule has 0 spiro atoms. The van der Waals surface area contributed by atoms with Gasteiger partial charge >= 0.3 is 5.97 Å². The zero-order chi connectivity index (χ0) is 21.8. The number of esters is 1. The molecule has 1 aliphatic heterocycles. The van der Waals surface area contributed by atoms with E-state index in [0.29, 0.717) is 17.1 Å². The molecule has 0 aliphatic carbocycles. The van der Waals surface area contributed by atoms with Gasteiger partial charge in [-0.05, 0) is 35.9 Å². The molecule has 0 bridgehead atoms. The van der Waals surface area contributed by atoms with E-state index < -0.39 is 10.9 Å². The maximum atomic E-state index is 12.2. The van der Waals surface area contributed by atoms with Crippen LogP contribution in [0.3, 0.4) is 0 Å². The number of cyclic esters (lactones) is 1. The van der Waals surface area contributed by atoms with Gasteiger partial charge in [0.05, 0.1) is 17.1 Å². The number of aliphatic imine (C=N–C) groups is 1. The van der Waals surface area contributed by atoms with E-state index in [4.69, 9.17) is 37.4 Å². The SMILES string of the molecule is C=CCOc1c(Cl)cc(/C=C2\N=C(c3ccc(Cl)c([N+](=O)[O-])c3)OC2=O)cc1OC. The topological polar surface area (TPSA) is 100 Å². The Bertz CT molecular complexity index is 1110. The fourth-order valence-electron chi connectivity index (χ4n) is 2.58. The first-order chi connectivity index (χ1) is 14.3. The lowest BCUT2D eigenvalue weighted by atomic mass is 10.1. The second-order valence-corrected chi connectivity index (χ2v) is 6.71. The van der Waals surface area contributed by atoms with E-state index in [9.17, 15) is 14.9 Å². The van der Waals surface area contributed by atoms with E-state index in [1.807, 2.05) is 0 Å². The molecule has 0 amide bonds. The van der Waals surface area contributed by atoms with Crippen LogP contribution in [-0.4, -0.2) is 30.5 Å². The third-order valence-electron chi connectivity index (χ3n) is 3.91. The molecule has 2 aromatic rings. The summed E-state index contributed by atoms with van der Waals surface area (Å²) in [7, 11) is 1.46. The zero-order valence-electron chi connectivity index (χ0n) is 15.6. The van der Waals surface area contributed by atoms with Crippen molar-refractivity contribution in [3.8, 4) is 11.5 Å². The Balaban J connectivity index is 1.96. The minimum Gasteiger partial charge on any atom is -0.493 e. The number of nitro benzene ring substituents is 1. The number of carbonyl (C=O) groups excluding carboxylic acids is 1. The number of nitro groups is 1. The highest BCUT2D eigenvalue weighted by atomic mass is 35.5. The highest BCUT2D eigenvalue weighted by molar-refractivity contribution is 6.33. The summed E-state index contributed by atoms with van der Waals surface area (Å²) in [6.07, 6.45) is 3.02. The third-order valence-corrected chi connectivity index (χ3v) is 4.51. The Hall–Kier alpha value is -3.36. The molecule has 0 saturated heterocycles. The fraction of sp³-hybridized carbons (Fsp3) is 0.100. The van der Waals surface area contributed by atoms with Gasteiger partial charge in [0, 0.05) is 11.6 Å². The van der Waals surface area contributed by atoms with Crippen LogP contribution >= 0.6 is 23.2 Å². The average Bonchev–Trinajstić information content (AvgIpc) is 3.07. The van der Waals surface area contributed by atoms with Crippen molar-refractivity contribution in [2.24, 2.45) is 4.99 Å². The van der Waals surface area contributed by atoms with Crippen molar-refractivity contribution >= 4 is 46.8 Å². The predicted molar refractivity (Wildman–Crippen MR) is 112 cm³/mol. The number of halogens is 2. The number of hydrogen-bond acceptors (Lipinski definition) is 7. The minimum atomic E-state index is -0.718. The molecule has 2 aromatic carbocycles. The molecule has 1 aliphatic rings. The van der Waals surface area contributed by atoms with E-state index >= 15 is 0 Å². The van der Waals surface area contributed by atoms with E-state index in [1.165, 1.54) is 31.4 Å². The van der Waals surface area contributed by atoms with Crippen molar-refractivity contribution in [3.63, 3.8) is 0 Å². The molecule has 3 rings (SSSR count). The summed E-state index contributed by atoms with van der Waals surface area (Å²) in [5.41, 5.74) is 0.422. The van der Waals surface area contributed by atoms with Crippen molar-refractivity contribution in [2.75, 3.05) is 13.7 Å². The summed E-state index contributed by atoms with van der Waals surface area (Å²) in [5, 5.41) is 11.3. The van der Waals surface area contributed by atoms with E-state index in [-0.39, 0.29) is 39.5 Å². The number of ether oxygens (including phenoxy) is 3. The van der Waals surface area contributed by atoms with Gasteiger partial charge < -0.3 is 14.2 Å². The molecule has 30 heavy (non-hydrogen) atoms. The Morgan fingerprint density at radius 1 is 1.27 bits per heavy atom. The average molecular weight is 449 g/mol. The summed E-state index contributed by atoms with van der Waals surface area (Å²) in [6.45, 7) is 3.82. The lowest BCUT2D eigenvalue weighted by Crippen LogP contribution is -2.06. The van der Waals surface area contributed by atoms with Gasteiger partial charge in [0.15, 0.2) is 17.2 Å². The van der Waals surface area contributed by atoms with Gasteiger partial charge in [-0.3, -0.25) is 10.1 Å². The molecule has 0 unspecified atom stereocenters. The molecule has 0 atom stereocenters.